The molecule has 0 aromatic heterocycles. The van der Waals surface area contributed by atoms with Crippen molar-refractivity contribution < 1.29 is 24.2 Å². The van der Waals surface area contributed by atoms with Gasteiger partial charge in [0.2, 0.25) is 5.91 Å². The van der Waals surface area contributed by atoms with Gasteiger partial charge in [-0.2, -0.15) is 0 Å². The molecule has 0 radical (unpaired) electrons. The third-order valence-corrected chi connectivity index (χ3v) is 8.56. The van der Waals surface area contributed by atoms with Crippen LogP contribution in [0.25, 0.3) is 11.1 Å². The molecule has 1 saturated carbocycles. The molecule has 0 spiro atoms. The maximum absolute atomic E-state index is 13.2. The van der Waals surface area contributed by atoms with Crippen molar-refractivity contribution in [2.24, 2.45) is 11.8 Å². The Morgan fingerprint density at radius 2 is 1.60 bits per heavy atom. The van der Waals surface area contributed by atoms with Crippen LogP contribution < -0.4 is 5.32 Å². The topological polar surface area (TPSA) is 95.9 Å². The number of carbonyl (C=O) groups excluding carboxylic acids is 2. The third-order valence-electron chi connectivity index (χ3n) is 8.56. The molecule has 7 heteroatoms. The highest BCUT2D eigenvalue weighted by molar-refractivity contribution is 5.83. The van der Waals surface area contributed by atoms with Crippen molar-refractivity contribution in [2.75, 3.05) is 6.61 Å². The lowest BCUT2D eigenvalue weighted by atomic mass is 9.89. The van der Waals surface area contributed by atoms with Gasteiger partial charge >= 0.3 is 12.1 Å². The monoisotopic (exact) mass is 474 g/mol. The number of carbonyl (C=O) groups is 3. The molecule has 5 atom stereocenters. The van der Waals surface area contributed by atoms with E-state index in [0.717, 1.165) is 19.3 Å². The number of hydrogen-bond acceptors (Lipinski definition) is 4. The van der Waals surface area contributed by atoms with Crippen molar-refractivity contribution in [1.29, 1.82) is 0 Å². The van der Waals surface area contributed by atoms with Gasteiger partial charge in [-0.3, -0.25) is 9.59 Å². The van der Waals surface area contributed by atoms with Crippen molar-refractivity contribution in [3.05, 3.63) is 59.7 Å². The Balaban J connectivity index is 1.04. The van der Waals surface area contributed by atoms with Crippen molar-refractivity contribution in [3.63, 3.8) is 0 Å². The number of nitrogens with one attached hydrogen (secondary N) is 1. The van der Waals surface area contributed by atoms with Gasteiger partial charge in [-0.1, -0.05) is 48.5 Å². The number of fused-ring (bicyclic) bond motifs is 5. The van der Waals surface area contributed by atoms with Gasteiger partial charge < -0.3 is 20.1 Å². The number of carboxylic acid groups (broad SMARTS) is 1. The van der Waals surface area contributed by atoms with Crippen LogP contribution in [0.2, 0.25) is 0 Å². The van der Waals surface area contributed by atoms with Crippen LogP contribution in [-0.2, 0) is 14.3 Å². The van der Waals surface area contributed by atoms with E-state index in [2.05, 4.69) is 29.6 Å². The Morgan fingerprint density at radius 1 is 0.914 bits per heavy atom. The van der Waals surface area contributed by atoms with Crippen molar-refractivity contribution in [2.45, 2.75) is 62.6 Å². The first kappa shape index (κ1) is 22.1. The van der Waals surface area contributed by atoms with Gasteiger partial charge in [0.05, 0.1) is 5.92 Å². The second kappa shape index (κ2) is 8.70. The Kier molecular flexibility index (Phi) is 5.50. The highest BCUT2D eigenvalue weighted by atomic mass is 16.5. The summed E-state index contributed by atoms with van der Waals surface area (Å²) in [5.74, 6) is -1.31. The summed E-state index contributed by atoms with van der Waals surface area (Å²) in [6.45, 7) is 0.267. The maximum Gasteiger partial charge on any atom is 0.407 e. The largest absolute Gasteiger partial charge is 0.481 e. The summed E-state index contributed by atoms with van der Waals surface area (Å²) in [6.07, 6.45) is 3.82. The lowest BCUT2D eigenvalue weighted by Crippen LogP contribution is -2.41. The number of alkyl carbamates (subject to hydrolysis) is 1. The quantitative estimate of drug-likeness (QED) is 0.679. The Labute approximate surface area is 204 Å². The van der Waals surface area contributed by atoms with Crippen LogP contribution in [0, 0.1) is 11.8 Å². The van der Waals surface area contributed by atoms with Gasteiger partial charge in [0, 0.05) is 30.0 Å². The Morgan fingerprint density at radius 3 is 2.26 bits per heavy atom. The molecule has 3 fully saturated rings. The zero-order valence-electron chi connectivity index (χ0n) is 19.6. The lowest BCUT2D eigenvalue weighted by Gasteiger charge is -2.26. The fourth-order valence-electron chi connectivity index (χ4n) is 6.95. The number of aliphatic carboxylic acids is 1. The number of hydrogen-bond donors (Lipinski definition) is 2. The maximum atomic E-state index is 13.2. The summed E-state index contributed by atoms with van der Waals surface area (Å²) in [6, 6.07) is 16.3. The molecule has 2 N–H and O–H groups in total. The molecule has 35 heavy (non-hydrogen) atoms. The van der Waals surface area contributed by atoms with E-state index in [1.807, 2.05) is 29.2 Å². The highest BCUT2D eigenvalue weighted by Crippen LogP contribution is 2.45. The van der Waals surface area contributed by atoms with Crippen molar-refractivity contribution in [3.8, 4) is 11.1 Å². The smallest absolute Gasteiger partial charge is 0.407 e. The number of ether oxygens (including phenoxy) is 1. The highest BCUT2D eigenvalue weighted by Gasteiger charge is 2.52. The molecule has 2 amide bonds. The van der Waals surface area contributed by atoms with E-state index in [4.69, 9.17) is 4.74 Å². The fraction of sp³-hybridized carbons (Fsp3) is 0.464. The summed E-state index contributed by atoms with van der Waals surface area (Å²) in [7, 11) is 0. The first-order valence-corrected chi connectivity index (χ1v) is 12.7. The number of nitrogens with zero attached hydrogens (tertiary/aromatic N) is 1. The number of carboxylic acids is 1. The van der Waals surface area contributed by atoms with E-state index >= 15 is 0 Å². The van der Waals surface area contributed by atoms with Gasteiger partial charge in [-0.05, 0) is 60.8 Å². The molecule has 2 unspecified atom stereocenters. The summed E-state index contributed by atoms with van der Waals surface area (Å²) in [5, 5.41) is 12.4. The summed E-state index contributed by atoms with van der Waals surface area (Å²) in [5.41, 5.74) is 4.73. The molecule has 4 aliphatic rings. The molecule has 6 rings (SSSR count). The van der Waals surface area contributed by atoms with Crippen LogP contribution in [0.15, 0.2) is 48.5 Å². The average molecular weight is 475 g/mol. The molecule has 2 aliphatic heterocycles. The predicted molar refractivity (Wildman–Crippen MR) is 129 cm³/mol. The number of amides is 2. The Bertz CT molecular complexity index is 1130. The number of rotatable bonds is 5. The minimum Gasteiger partial charge on any atom is -0.481 e. The van der Waals surface area contributed by atoms with E-state index in [0.29, 0.717) is 19.3 Å². The molecular formula is C28H30N2O5. The summed E-state index contributed by atoms with van der Waals surface area (Å²) in [4.78, 5) is 39.3. The minimum atomic E-state index is -0.795. The third kappa shape index (κ3) is 3.77. The van der Waals surface area contributed by atoms with Crippen LogP contribution in [0.3, 0.4) is 0 Å². The first-order valence-electron chi connectivity index (χ1n) is 12.7. The van der Waals surface area contributed by atoms with E-state index in [-0.39, 0.29) is 42.5 Å². The van der Waals surface area contributed by atoms with Gasteiger partial charge in [-0.25, -0.2) is 4.79 Å². The van der Waals surface area contributed by atoms with Gasteiger partial charge in [0.15, 0.2) is 0 Å². The van der Waals surface area contributed by atoms with Gasteiger partial charge in [-0.15, -0.1) is 0 Å². The summed E-state index contributed by atoms with van der Waals surface area (Å²) >= 11 is 0. The van der Waals surface area contributed by atoms with Crippen LogP contribution >= 0.6 is 0 Å². The first-order chi connectivity index (χ1) is 17.0. The van der Waals surface area contributed by atoms with E-state index in [1.165, 1.54) is 22.3 Å². The molecule has 2 aliphatic carbocycles. The van der Waals surface area contributed by atoms with Gasteiger partial charge in [0.25, 0.3) is 0 Å². The van der Waals surface area contributed by atoms with Crippen LogP contribution in [0.1, 0.15) is 55.6 Å². The molecule has 2 heterocycles. The minimum absolute atomic E-state index is 0.0128. The SMILES string of the molecule is O=C(NC1CCC(C(=O)N2[C@H]3CC[C@@H]2[C@H](C(=O)O)C3)C1)OCC1c2ccccc2-c2ccccc21. The average Bonchev–Trinajstić information content (AvgIpc) is 3.64. The molecule has 2 aromatic rings. The van der Waals surface area contributed by atoms with Gasteiger partial charge in [0.1, 0.15) is 6.61 Å². The second-order valence-corrected chi connectivity index (χ2v) is 10.4. The van der Waals surface area contributed by atoms with Crippen molar-refractivity contribution in [1.82, 2.24) is 10.2 Å². The molecular weight excluding hydrogens is 444 g/mol. The summed E-state index contributed by atoms with van der Waals surface area (Å²) < 4.78 is 5.67. The molecule has 7 nitrogen and oxygen atoms in total. The van der Waals surface area contributed by atoms with Crippen LogP contribution in [-0.4, -0.2) is 52.7 Å². The standard InChI is InChI=1S/C28H30N2O5/c31-26(30-18-11-12-25(30)23(14-18)27(32)33)16-9-10-17(13-16)29-28(34)35-15-24-21-7-3-1-5-19(21)20-6-2-4-8-22(20)24/h1-8,16-18,23-25H,9-15H2,(H,29,34)(H,32,33)/t16?,17?,18-,23+,25+/m0/s1. The molecule has 2 saturated heterocycles. The van der Waals surface area contributed by atoms with Crippen LogP contribution in [0.5, 0.6) is 0 Å². The van der Waals surface area contributed by atoms with E-state index < -0.39 is 18.0 Å². The zero-order valence-corrected chi connectivity index (χ0v) is 19.6. The second-order valence-electron chi connectivity index (χ2n) is 10.4. The number of benzene rings is 2. The normalized spacial score (nSPS) is 28.6. The van der Waals surface area contributed by atoms with Crippen molar-refractivity contribution >= 4 is 18.0 Å². The zero-order chi connectivity index (χ0) is 24.1. The Hall–Kier alpha value is -3.35. The molecule has 2 bridgehead atoms. The van der Waals surface area contributed by atoms with Crippen LogP contribution in [0.4, 0.5) is 4.79 Å². The molecule has 182 valence electrons. The fourth-order valence-corrected chi connectivity index (χ4v) is 6.95. The molecule has 2 aromatic carbocycles. The van der Waals surface area contributed by atoms with E-state index in [1.54, 1.807) is 0 Å². The predicted octanol–water partition coefficient (Wildman–Crippen LogP) is 4.16. The lowest BCUT2D eigenvalue weighted by molar-refractivity contribution is -0.143. The van der Waals surface area contributed by atoms with E-state index in [9.17, 15) is 19.5 Å².